The van der Waals surface area contributed by atoms with Crippen molar-refractivity contribution in [1.29, 1.82) is 0 Å². The molecule has 0 saturated carbocycles. The van der Waals surface area contributed by atoms with E-state index in [1.807, 2.05) is 0 Å². The van der Waals surface area contributed by atoms with Crippen LogP contribution in [-0.4, -0.2) is 27.6 Å². The minimum Gasteiger partial charge on any atom is -0.309 e. The molecule has 64 heavy (non-hydrogen) atoms. The lowest BCUT2D eigenvalue weighted by Gasteiger charge is -2.35. The minimum atomic E-state index is -2.95. The number of hydrogen-bond donors (Lipinski definition) is 0. The summed E-state index contributed by atoms with van der Waals surface area (Å²) in [7, 11) is -2.95. The van der Waals surface area contributed by atoms with Crippen molar-refractivity contribution in [2.24, 2.45) is 0 Å². The van der Waals surface area contributed by atoms with E-state index in [0.29, 0.717) is 5.82 Å². The zero-order valence-corrected chi connectivity index (χ0v) is 38.4. The molecule has 0 N–H and O–H groups in total. The highest BCUT2D eigenvalue weighted by Crippen LogP contribution is 2.40. The van der Waals surface area contributed by atoms with Crippen LogP contribution < -0.4 is 20.7 Å². The second-order valence-electron chi connectivity index (χ2n) is 18.9. The van der Waals surface area contributed by atoms with E-state index in [4.69, 9.17) is 15.0 Å². The topological polar surface area (TPSA) is 43.6 Å². The highest BCUT2D eigenvalue weighted by Gasteiger charge is 2.42. The van der Waals surface area contributed by atoms with Crippen molar-refractivity contribution < 1.29 is 0 Å². The first kappa shape index (κ1) is 40.8. The van der Waals surface area contributed by atoms with Crippen molar-refractivity contribution >= 4 is 50.6 Å². The van der Waals surface area contributed by atoms with Crippen molar-refractivity contribution in [1.82, 2.24) is 19.5 Å². The van der Waals surface area contributed by atoms with Gasteiger partial charge in [0.15, 0.2) is 13.9 Å². The van der Waals surface area contributed by atoms with Crippen LogP contribution in [0.4, 0.5) is 0 Å². The fraction of sp³-hybridized carbons (Fsp3) is 0.136. The van der Waals surface area contributed by atoms with Gasteiger partial charge in [-0.1, -0.05) is 211 Å². The predicted molar refractivity (Wildman–Crippen MR) is 271 cm³/mol. The van der Waals surface area contributed by atoms with Crippen molar-refractivity contribution in [3.8, 4) is 39.3 Å². The molecule has 0 saturated heterocycles. The molecule has 0 amide bonds. The lowest BCUT2D eigenvalue weighted by Crippen LogP contribution is -2.74. The molecule has 0 aliphatic heterocycles. The van der Waals surface area contributed by atoms with Gasteiger partial charge >= 0.3 is 0 Å². The Bertz CT molecular complexity index is 3030. The Kier molecular flexibility index (Phi) is 10.3. The summed E-state index contributed by atoms with van der Waals surface area (Å²) >= 11 is 0. The summed E-state index contributed by atoms with van der Waals surface area (Å²) in [5.41, 5.74) is 8.32. The zero-order chi connectivity index (χ0) is 44.1. The summed E-state index contributed by atoms with van der Waals surface area (Å²) in [6.45, 7) is 13.1. The first-order chi connectivity index (χ1) is 31.0. The third-order valence-corrected chi connectivity index (χ3v) is 17.3. The minimum absolute atomic E-state index is 0.319. The van der Waals surface area contributed by atoms with Crippen molar-refractivity contribution in [2.75, 3.05) is 0 Å². The van der Waals surface area contributed by atoms with E-state index in [1.54, 1.807) is 0 Å². The van der Waals surface area contributed by atoms with Crippen LogP contribution in [-0.2, 0) is 10.8 Å². The summed E-state index contributed by atoms with van der Waals surface area (Å²) in [5.74, 6) is 2.23. The second-order valence-corrected chi connectivity index (χ2v) is 22.7. The molecular formula is C59H52N4Si. The first-order valence-corrected chi connectivity index (χ1v) is 24.3. The summed E-state index contributed by atoms with van der Waals surface area (Å²) in [6, 6.07) is 75.7. The molecule has 10 aromatic rings. The standard InChI is InChI=1S/C59H52N4Si/c1-58(2,3)56-60-55(61-57(62-56)59(4,5)6)51-40-48(64(45-26-16-9-17-27-45,46-28-18-10-19-29-46)47-30-20-11-21-31-47)34-37-54(51)63-52-35-32-43(41-22-12-7-13-23-41)38-49(52)50-39-44(33-36-53(50)63)42-24-14-8-15-25-42/h7-40H,1-6H3. The van der Waals surface area contributed by atoms with Gasteiger partial charge in [-0.15, -0.1) is 0 Å². The van der Waals surface area contributed by atoms with Gasteiger partial charge in [-0.2, -0.15) is 0 Å². The average Bonchev–Trinajstić information content (AvgIpc) is 3.65. The Balaban J connectivity index is 1.34. The zero-order valence-electron chi connectivity index (χ0n) is 37.4. The molecule has 10 rings (SSSR count). The molecule has 0 atom stereocenters. The van der Waals surface area contributed by atoms with E-state index < -0.39 is 8.07 Å². The number of fused-ring (bicyclic) bond motifs is 3. The molecule has 2 heterocycles. The van der Waals surface area contributed by atoms with Crippen molar-refractivity contribution in [2.45, 2.75) is 52.4 Å². The van der Waals surface area contributed by atoms with Gasteiger partial charge in [0, 0.05) is 27.2 Å². The first-order valence-electron chi connectivity index (χ1n) is 22.3. The van der Waals surface area contributed by atoms with E-state index in [0.717, 1.165) is 33.9 Å². The van der Waals surface area contributed by atoms with E-state index >= 15 is 0 Å². The SMILES string of the molecule is CC(C)(C)c1nc(-c2cc([Si](c3ccccc3)(c3ccccc3)c3ccccc3)ccc2-n2c3ccc(-c4ccccc4)cc3c3cc(-c4ccccc4)ccc32)nc(C(C)(C)C)n1. The van der Waals surface area contributed by atoms with E-state index in [9.17, 15) is 0 Å². The van der Waals surface area contributed by atoms with Gasteiger partial charge in [0.05, 0.1) is 16.7 Å². The molecule has 312 valence electrons. The molecule has 0 unspecified atom stereocenters. The Morgan fingerprint density at radius 3 is 1.14 bits per heavy atom. The number of nitrogens with zero attached hydrogens (tertiary/aromatic N) is 4. The van der Waals surface area contributed by atoms with Gasteiger partial charge in [-0.05, 0) is 79.4 Å². The maximum Gasteiger partial charge on any atom is 0.179 e. The van der Waals surface area contributed by atoms with Crippen LogP contribution in [0.15, 0.2) is 206 Å². The van der Waals surface area contributed by atoms with Crippen LogP contribution >= 0.6 is 0 Å². The van der Waals surface area contributed by atoms with E-state index in [-0.39, 0.29) is 10.8 Å². The molecule has 8 aromatic carbocycles. The monoisotopic (exact) mass is 844 g/mol. The highest BCUT2D eigenvalue weighted by molar-refractivity contribution is 7.19. The summed E-state index contributed by atoms with van der Waals surface area (Å²) in [6.07, 6.45) is 0. The molecule has 0 aliphatic carbocycles. The van der Waals surface area contributed by atoms with E-state index in [2.05, 4.69) is 252 Å². The summed E-state index contributed by atoms with van der Waals surface area (Å²) in [4.78, 5) is 16.1. The number of benzene rings is 8. The van der Waals surface area contributed by atoms with Crippen molar-refractivity contribution in [3.05, 3.63) is 218 Å². The molecule has 5 heteroatoms. The Hall–Kier alpha value is -7.21. The second kappa shape index (κ2) is 16.2. The molecule has 2 aromatic heterocycles. The highest BCUT2D eigenvalue weighted by atomic mass is 28.3. The van der Waals surface area contributed by atoms with Gasteiger partial charge in [0.25, 0.3) is 0 Å². The van der Waals surface area contributed by atoms with Crippen LogP contribution in [0.25, 0.3) is 61.1 Å². The summed E-state index contributed by atoms with van der Waals surface area (Å²) < 4.78 is 2.45. The van der Waals surface area contributed by atoms with Gasteiger partial charge in [-0.3, -0.25) is 0 Å². The smallest absolute Gasteiger partial charge is 0.179 e. The van der Waals surface area contributed by atoms with Crippen LogP contribution in [0, 0.1) is 0 Å². The van der Waals surface area contributed by atoms with Crippen LogP contribution in [0.3, 0.4) is 0 Å². The predicted octanol–water partition coefficient (Wildman–Crippen LogP) is 11.9. The Labute approximate surface area is 378 Å². The fourth-order valence-corrected chi connectivity index (χ4v) is 14.0. The lowest BCUT2D eigenvalue weighted by atomic mass is 9.93. The number of aromatic nitrogens is 4. The lowest BCUT2D eigenvalue weighted by molar-refractivity contribution is 0.497. The number of rotatable bonds is 8. The third kappa shape index (κ3) is 7.26. The van der Waals surface area contributed by atoms with E-state index in [1.165, 1.54) is 53.8 Å². The molecule has 0 fully saturated rings. The molecule has 4 nitrogen and oxygen atoms in total. The van der Waals surface area contributed by atoms with Gasteiger partial charge in [0.2, 0.25) is 0 Å². The molecule has 0 radical (unpaired) electrons. The largest absolute Gasteiger partial charge is 0.309 e. The maximum absolute atomic E-state index is 5.45. The van der Waals surface area contributed by atoms with Crippen molar-refractivity contribution in [3.63, 3.8) is 0 Å². The quantitative estimate of drug-likeness (QED) is 0.113. The Morgan fingerprint density at radius 1 is 0.359 bits per heavy atom. The maximum atomic E-state index is 5.45. The van der Waals surface area contributed by atoms with Crippen LogP contribution in [0.2, 0.25) is 0 Å². The molecule has 0 bridgehead atoms. The van der Waals surface area contributed by atoms with Crippen LogP contribution in [0.1, 0.15) is 53.2 Å². The molecular weight excluding hydrogens is 793 g/mol. The number of hydrogen-bond acceptors (Lipinski definition) is 3. The fourth-order valence-electron chi connectivity index (χ4n) is 9.28. The molecule has 0 spiro atoms. The Morgan fingerprint density at radius 2 is 0.750 bits per heavy atom. The average molecular weight is 845 g/mol. The van der Waals surface area contributed by atoms with Gasteiger partial charge in [-0.25, -0.2) is 15.0 Å². The third-order valence-electron chi connectivity index (χ3n) is 12.5. The molecule has 0 aliphatic rings. The summed E-state index contributed by atoms with van der Waals surface area (Å²) in [5, 5.41) is 7.56. The van der Waals surface area contributed by atoms with Gasteiger partial charge < -0.3 is 4.57 Å². The normalized spacial score (nSPS) is 12.2. The van der Waals surface area contributed by atoms with Gasteiger partial charge in [0.1, 0.15) is 11.6 Å². The van der Waals surface area contributed by atoms with Crippen LogP contribution in [0.5, 0.6) is 0 Å².